The monoisotopic (exact) mass is 345 g/mol. The van der Waals surface area contributed by atoms with Gasteiger partial charge >= 0.3 is 0 Å². The van der Waals surface area contributed by atoms with Crippen LogP contribution >= 0.6 is 23.2 Å². The number of aryl methyl sites for hydroxylation is 1. The molecular weight excluding hydrogens is 333 g/mol. The van der Waals surface area contributed by atoms with Crippen LogP contribution in [0.5, 0.6) is 5.75 Å². The molecule has 0 radical (unpaired) electrons. The number of hydrogen-bond donors (Lipinski definition) is 1. The van der Waals surface area contributed by atoms with Crippen molar-refractivity contribution in [1.82, 2.24) is 0 Å². The normalized spacial score (nSPS) is 11.4. The Morgan fingerprint density at radius 2 is 1.86 bits per heavy atom. The van der Waals surface area contributed by atoms with Crippen LogP contribution in [0.4, 0.5) is 0 Å². The van der Waals surface area contributed by atoms with Crippen molar-refractivity contribution >= 4 is 33.2 Å². The molecule has 0 fully saturated rings. The second kappa shape index (κ2) is 6.23. The third kappa shape index (κ3) is 4.11. The molecule has 2 aromatic carbocycles. The molecule has 4 nitrogen and oxygen atoms in total. The van der Waals surface area contributed by atoms with E-state index < -0.39 is 10.0 Å². The van der Waals surface area contributed by atoms with E-state index in [2.05, 4.69) is 0 Å². The van der Waals surface area contributed by atoms with Gasteiger partial charge in [-0.15, -0.1) is 0 Å². The van der Waals surface area contributed by atoms with Gasteiger partial charge < -0.3 is 4.74 Å². The van der Waals surface area contributed by atoms with Crippen LogP contribution in [-0.4, -0.2) is 8.42 Å². The number of sulfonamides is 1. The van der Waals surface area contributed by atoms with E-state index in [1.165, 1.54) is 18.2 Å². The SMILES string of the molecule is Cc1ccc(COc2ccc(Cl)cc2S(N)(=O)=O)c(Cl)c1. The molecule has 0 saturated carbocycles. The maximum atomic E-state index is 11.5. The summed E-state index contributed by atoms with van der Waals surface area (Å²) in [5.74, 6) is 0.138. The van der Waals surface area contributed by atoms with Gasteiger partial charge in [-0.2, -0.15) is 0 Å². The molecule has 0 aliphatic carbocycles. The summed E-state index contributed by atoms with van der Waals surface area (Å²) in [7, 11) is -3.92. The summed E-state index contributed by atoms with van der Waals surface area (Å²) in [5.41, 5.74) is 1.78. The second-order valence-corrected chi connectivity index (χ2v) is 6.89. The molecular formula is C14H13Cl2NO3S. The van der Waals surface area contributed by atoms with E-state index in [4.69, 9.17) is 33.1 Å². The lowest BCUT2D eigenvalue weighted by Gasteiger charge is -2.11. The standard InChI is InChI=1S/C14H13Cl2NO3S/c1-9-2-3-10(12(16)6-9)8-20-13-5-4-11(15)7-14(13)21(17,18)19/h2-7H,8H2,1H3,(H2,17,18,19). The Labute approximate surface area is 133 Å². The smallest absolute Gasteiger partial charge is 0.241 e. The lowest BCUT2D eigenvalue weighted by Crippen LogP contribution is -2.14. The average molecular weight is 346 g/mol. The Hall–Kier alpha value is -1.27. The molecule has 0 saturated heterocycles. The van der Waals surface area contributed by atoms with Crippen molar-refractivity contribution < 1.29 is 13.2 Å². The number of rotatable bonds is 4. The summed E-state index contributed by atoms with van der Waals surface area (Å²) in [5, 5.41) is 5.97. The Bertz CT molecular complexity index is 776. The third-order valence-electron chi connectivity index (χ3n) is 2.80. The number of primary sulfonamides is 1. The van der Waals surface area contributed by atoms with E-state index >= 15 is 0 Å². The first-order chi connectivity index (χ1) is 9.77. The van der Waals surface area contributed by atoms with Crippen LogP contribution in [0.25, 0.3) is 0 Å². The topological polar surface area (TPSA) is 69.4 Å². The van der Waals surface area contributed by atoms with Gasteiger partial charge in [-0.05, 0) is 36.8 Å². The van der Waals surface area contributed by atoms with Gasteiger partial charge in [0, 0.05) is 15.6 Å². The van der Waals surface area contributed by atoms with Crippen LogP contribution < -0.4 is 9.88 Å². The molecule has 7 heteroatoms. The lowest BCUT2D eigenvalue weighted by molar-refractivity contribution is 0.298. The van der Waals surface area contributed by atoms with Crippen LogP contribution in [-0.2, 0) is 16.6 Å². The summed E-state index contributed by atoms with van der Waals surface area (Å²) in [4.78, 5) is -0.154. The Morgan fingerprint density at radius 3 is 2.48 bits per heavy atom. The highest BCUT2D eigenvalue weighted by Crippen LogP contribution is 2.28. The van der Waals surface area contributed by atoms with E-state index in [1.807, 2.05) is 25.1 Å². The molecule has 0 aliphatic heterocycles. The van der Waals surface area contributed by atoms with Gasteiger partial charge in [0.15, 0.2) is 0 Å². The van der Waals surface area contributed by atoms with E-state index in [0.29, 0.717) is 5.02 Å². The maximum Gasteiger partial charge on any atom is 0.241 e. The molecule has 0 unspecified atom stereocenters. The van der Waals surface area contributed by atoms with Crippen molar-refractivity contribution in [2.75, 3.05) is 0 Å². The molecule has 2 aromatic rings. The predicted octanol–water partition coefficient (Wildman–Crippen LogP) is 3.53. The van der Waals surface area contributed by atoms with Gasteiger partial charge in [0.2, 0.25) is 10.0 Å². The highest BCUT2D eigenvalue weighted by molar-refractivity contribution is 7.89. The first kappa shape index (κ1) is 16.1. The quantitative estimate of drug-likeness (QED) is 0.921. The summed E-state index contributed by atoms with van der Waals surface area (Å²) >= 11 is 11.9. The minimum absolute atomic E-state index is 0.128. The summed E-state index contributed by atoms with van der Waals surface area (Å²) in [6, 6.07) is 9.77. The van der Waals surface area contributed by atoms with E-state index in [1.54, 1.807) is 0 Å². The first-order valence-corrected chi connectivity index (χ1v) is 8.28. The largest absolute Gasteiger partial charge is 0.487 e. The summed E-state index contributed by atoms with van der Waals surface area (Å²) in [6.07, 6.45) is 0. The van der Waals surface area contributed by atoms with Gasteiger partial charge in [0.25, 0.3) is 0 Å². The van der Waals surface area contributed by atoms with Crippen LogP contribution in [0, 0.1) is 6.92 Å². The number of nitrogens with two attached hydrogens (primary N) is 1. The Morgan fingerprint density at radius 1 is 1.14 bits per heavy atom. The molecule has 112 valence electrons. The number of benzene rings is 2. The highest BCUT2D eigenvalue weighted by Gasteiger charge is 2.16. The van der Waals surface area contributed by atoms with Crippen LogP contribution in [0.3, 0.4) is 0 Å². The summed E-state index contributed by atoms with van der Waals surface area (Å²) in [6.45, 7) is 2.05. The number of ether oxygens (including phenoxy) is 1. The average Bonchev–Trinajstić information content (AvgIpc) is 2.38. The van der Waals surface area contributed by atoms with E-state index in [9.17, 15) is 8.42 Å². The molecule has 0 aliphatic rings. The zero-order chi connectivity index (χ0) is 15.6. The van der Waals surface area contributed by atoms with E-state index in [-0.39, 0.29) is 22.3 Å². The highest BCUT2D eigenvalue weighted by atomic mass is 35.5. The van der Waals surface area contributed by atoms with Crippen LogP contribution in [0.1, 0.15) is 11.1 Å². The van der Waals surface area contributed by atoms with Crippen molar-refractivity contribution in [1.29, 1.82) is 0 Å². The maximum absolute atomic E-state index is 11.5. The van der Waals surface area contributed by atoms with Crippen molar-refractivity contribution in [3.63, 3.8) is 0 Å². The van der Waals surface area contributed by atoms with Crippen molar-refractivity contribution in [3.8, 4) is 5.75 Å². The molecule has 0 aromatic heterocycles. The molecule has 0 bridgehead atoms. The minimum Gasteiger partial charge on any atom is -0.487 e. The van der Waals surface area contributed by atoms with Crippen molar-refractivity contribution in [3.05, 3.63) is 57.6 Å². The third-order valence-corrected chi connectivity index (χ3v) is 4.32. The number of hydrogen-bond acceptors (Lipinski definition) is 3. The van der Waals surface area contributed by atoms with Crippen LogP contribution in [0.15, 0.2) is 41.3 Å². The van der Waals surface area contributed by atoms with Crippen LogP contribution in [0.2, 0.25) is 10.0 Å². The lowest BCUT2D eigenvalue weighted by atomic mass is 10.2. The molecule has 21 heavy (non-hydrogen) atoms. The molecule has 2 N–H and O–H groups in total. The second-order valence-electron chi connectivity index (χ2n) is 4.52. The molecule has 0 spiro atoms. The van der Waals surface area contributed by atoms with E-state index in [0.717, 1.165) is 11.1 Å². The van der Waals surface area contributed by atoms with Gasteiger partial charge in [0.1, 0.15) is 17.3 Å². The Kier molecular flexibility index (Phi) is 4.78. The fourth-order valence-electron chi connectivity index (χ4n) is 1.75. The molecule has 0 atom stereocenters. The molecule has 0 heterocycles. The summed E-state index contributed by atoms with van der Waals surface area (Å²) < 4.78 is 28.6. The van der Waals surface area contributed by atoms with Crippen molar-refractivity contribution in [2.24, 2.45) is 5.14 Å². The zero-order valence-corrected chi connectivity index (χ0v) is 13.5. The van der Waals surface area contributed by atoms with Gasteiger partial charge in [0.05, 0.1) is 0 Å². The fourth-order valence-corrected chi connectivity index (χ4v) is 2.97. The fraction of sp³-hybridized carbons (Fsp3) is 0.143. The molecule has 0 amide bonds. The Balaban J connectivity index is 2.28. The van der Waals surface area contributed by atoms with Crippen molar-refractivity contribution in [2.45, 2.75) is 18.4 Å². The minimum atomic E-state index is -3.92. The molecule has 2 rings (SSSR count). The predicted molar refractivity (Wildman–Crippen MR) is 83.3 cm³/mol. The van der Waals surface area contributed by atoms with Gasteiger partial charge in [-0.25, -0.2) is 13.6 Å². The number of halogens is 2. The van der Waals surface area contributed by atoms with Gasteiger partial charge in [-0.1, -0.05) is 35.3 Å². The first-order valence-electron chi connectivity index (χ1n) is 5.97. The van der Waals surface area contributed by atoms with Gasteiger partial charge in [-0.3, -0.25) is 0 Å². The zero-order valence-electron chi connectivity index (χ0n) is 11.1.